The number of methoxy groups -OCH3 is 3. The van der Waals surface area contributed by atoms with Crippen LogP contribution in [0.15, 0.2) is 164 Å². The first-order chi connectivity index (χ1) is 35.4. The number of nitrogens with zero attached hydrogens (tertiary/aromatic N) is 2. The van der Waals surface area contributed by atoms with Crippen LogP contribution in [-0.4, -0.2) is 52.8 Å². The predicted molar refractivity (Wildman–Crippen MR) is 284 cm³/mol. The summed E-state index contributed by atoms with van der Waals surface area (Å²) in [5.41, 5.74) is 15.9. The summed E-state index contributed by atoms with van der Waals surface area (Å²) in [5, 5.41) is 0. The Morgan fingerprint density at radius 3 is 1.28 bits per heavy atom. The minimum Gasteiger partial charge on any atom is -0.497 e. The Kier molecular flexibility index (Phi) is 11.0. The van der Waals surface area contributed by atoms with E-state index in [1.807, 2.05) is 60.7 Å². The number of ether oxygens (including phenoxy) is 4. The predicted octanol–water partition coefficient (Wildman–Crippen LogP) is 13.7. The molecular weight excluding hydrogens is 897 g/mol. The third-order valence-electron chi connectivity index (χ3n) is 13.3. The molecule has 0 fully saturated rings. The van der Waals surface area contributed by atoms with Crippen LogP contribution >= 0.6 is 0 Å². The Bertz CT molecular complexity index is 3870. The van der Waals surface area contributed by atoms with Crippen molar-refractivity contribution in [1.82, 2.24) is 19.9 Å². The molecule has 8 bridgehead atoms. The van der Waals surface area contributed by atoms with Gasteiger partial charge in [0.2, 0.25) is 5.78 Å². The number of hydrogen-bond donors (Lipinski definition) is 2. The van der Waals surface area contributed by atoms with Crippen LogP contribution in [0.3, 0.4) is 0 Å². The molecule has 5 heterocycles. The molecule has 72 heavy (non-hydrogen) atoms. The van der Waals surface area contributed by atoms with Gasteiger partial charge in [-0.05, 0) is 107 Å². The topological polar surface area (TPSA) is 128 Å². The van der Waals surface area contributed by atoms with Crippen molar-refractivity contribution in [2.24, 2.45) is 0 Å². The number of fused-ring (bicyclic) bond motifs is 10. The second kappa shape index (κ2) is 18.1. The molecule has 12 rings (SSSR count). The van der Waals surface area contributed by atoms with E-state index < -0.39 is 0 Å². The Morgan fingerprint density at radius 2 is 0.819 bits per heavy atom. The van der Waals surface area contributed by atoms with Crippen LogP contribution in [0.2, 0.25) is 0 Å². The number of carbonyl (C=O) groups is 2. The third kappa shape index (κ3) is 7.62. The molecule has 0 atom stereocenters. The smallest absolute Gasteiger partial charge is 0.201 e. The Labute approximate surface area is 414 Å². The molecule has 10 heteroatoms. The molecule has 2 N–H and O–H groups in total. The zero-order chi connectivity index (χ0) is 48.9. The lowest BCUT2D eigenvalue weighted by Gasteiger charge is -2.23. The maximum Gasteiger partial charge on any atom is 0.201 e. The zero-order valence-corrected chi connectivity index (χ0v) is 39.4. The summed E-state index contributed by atoms with van der Waals surface area (Å²) in [6.07, 6.45) is 8.34. The Morgan fingerprint density at radius 1 is 0.389 bits per heavy atom. The molecule has 2 aliphatic heterocycles. The fourth-order valence-electron chi connectivity index (χ4n) is 10.0. The fourth-order valence-corrected chi connectivity index (χ4v) is 10.0. The summed E-state index contributed by atoms with van der Waals surface area (Å²) in [6, 6.07) is 54.0. The van der Waals surface area contributed by atoms with Gasteiger partial charge >= 0.3 is 0 Å². The summed E-state index contributed by atoms with van der Waals surface area (Å²) in [5.74, 6) is 0.783. The second-order valence-corrected chi connectivity index (χ2v) is 17.5. The number of aromatic nitrogens is 4. The van der Waals surface area contributed by atoms with Crippen molar-refractivity contribution in [3.8, 4) is 67.5 Å². The maximum atomic E-state index is 14.2. The molecule has 10 nitrogen and oxygen atoms in total. The van der Waals surface area contributed by atoms with Crippen LogP contribution in [0.1, 0.15) is 60.2 Å². The number of nitrogens with one attached hydrogen (secondary N) is 2. The number of H-pyrrole nitrogens is 2. The van der Waals surface area contributed by atoms with E-state index in [1.54, 1.807) is 24.3 Å². The monoisotopic (exact) mass is 940 g/mol. The molecule has 0 saturated heterocycles. The normalized spacial score (nSPS) is 12.4. The van der Waals surface area contributed by atoms with Crippen molar-refractivity contribution in [2.75, 3.05) is 21.3 Å². The first kappa shape index (κ1) is 43.7. The van der Waals surface area contributed by atoms with Gasteiger partial charge in [0.1, 0.15) is 29.6 Å². The van der Waals surface area contributed by atoms with E-state index >= 15 is 0 Å². The average molecular weight is 941 g/mol. The van der Waals surface area contributed by atoms with Crippen molar-refractivity contribution in [3.05, 3.63) is 214 Å². The van der Waals surface area contributed by atoms with Gasteiger partial charge in [-0.25, -0.2) is 9.97 Å². The van der Waals surface area contributed by atoms with Crippen molar-refractivity contribution in [1.29, 1.82) is 0 Å². The summed E-state index contributed by atoms with van der Waals surface area (Å²) in [4.78, 5) is 46.7. The number of aromatic amines is 2. The lowest BCUT2D eigenvalue weighted by atomic mass is 9.82. The van der Waals surface area contributed by atoms with E-state index in [4.69, 9.17) is 28.9 Å². The molecule has 0 amide bonds. The van der Waals surface area contributed by atoms with Gasteiger partial charge in [-0.2, -0.15) is 0 Å². The van der Waals surface area contributed by atoms with E-state index in [9.17, 15) is 9.59 Å². The second-order valence-electron chi connectivity index (χ2n) is 17.5. The standard InChI is InChI=1S/C62H44N4O6/c1-69-42-33-44-60(54(34-42)71-3)62(68)59-43(61(44)67)30-36(31-53(59)70-2)35-72-41-21-13-20-40(32-41)58-51-28-26-49(65-51)56(38-16-9-5-10-17-38)47-24-22-45(63-47)55(37-14-7-4-8-15-37)46-23-25-48(64-46)57(39-18-11-6-12-19-39)50-27-29-52(58)66-50/h4-34,63,66H,35H2,1-3H3. The molecule has 6 aromatic carbocycles. The van der Waals surface area contributed by atoms with Crippen LogP contribution in [0, 0.1) is 0 Å². The Balaban J connectivity index is 1.03. The van der Waals surface area contributed by atoms with Crippen LogP contribution in [-0.2, 0) is 6.61 Å². The molecule has 9 aromatic rings. The highest BCUT2D eigenvalue weighted by Gasteiger charge is 2.36. The van der Waals surface area contributed by atoms with E-state index in [2.05, 4.69) is 113 Å². The summed E-state index contributed by atoms with van der Waals surface area (Å²) in [7, 11) is 4.43. The van der Waals surface area contributed by atoms with Crippen molar-refractivity contribution >= 4 is 57.9 Å². The van der Waals surface area contributed by atoms with Crippen molar-refractivity contribution in [3.63, 3.8) is 0 Å². The summed E-state index contributed by atoms with van der Waals surface area (Å²) < 4.78 is 23.3. The summed E-state index contributed by atoms with van der Waals surface area (Å²) >= 11 is 0. The van der Waals surface area contributed by atoms with Gasteiger partial charge in [0, 0.05) is 61.5 Å². The maximum absolute atomic E-state index is 14.2. The van der Waals surface area contributed by atoms with Gasteiger partial charge in [-0.3, -0.25) is 9.59 Å². The summed E-state index contributed by atoms with van der Waals surface area (Å²) in [6.45, 7) is 0.0740. The largest absolute Gasteiger partial charge is 0.497 e. The van der Waals surface area contributed by atoms with E-state index in [0.717, 1.165) is 89.4 Å². The lowest BCUT2D eigenvalue weighted by molar-refractivity contribution is 0.0973. The van der Waals surface area contributed by atoms with Gasteiger partial charge in [0.25, 0.3) is 0 Å². The first-order valence-corrected chi connectivity index (χ1v) is 23.5. The fraction of sp³-hybridized carbons (Fsp3) is 0.0645. The minimum absolute atomic E-state index is 0.0740. The first-order valence-electron chi connectivity index (χ1n) is 23.5. The number of carbonyl (C=O) groups excluding carboxylic acids is 2. The number of hydrogen-bond acceptors (Lipinski definition) is 8. The van der Waals surface area contributed by atoms with Gasteiger partial charge in [-0.1, -0.05) is 103 Å². The molecule has 0 radical (unpaired) electrons. The van der Waals surface area contributed by atoms with Crippen LogP contribution in [0.4, 0.5) is 0 Å². The number of ketones is 2. The Hall–Kier alpha value is -9.54. The molecule has 0 saturated carbocycles. The molecule has 348 valence electrons. The van der Waals surface area contributed by atoms with E-state index in [-0.39, 0.29) is 51.9 Å². The zero-order valence-electron chi connectivity index (χ0n) is 39.4. The van der Waals surface area contributed by atoms with Gasteiger partial charge in [0.15, 0.2) is 5.78 Å². The lowest BCUT2D eigenvalue weighted by Crippen LogP contribution is -2.23. The van der Waals surface area contributed by atoms with Crippen molar-refractivity contribution in [2.45, 2.75) is 6.61 Å². The number of rotatable bonds is 10. The highest BCUT2D eigenvalue weighted by Crippen LogP contribution is 2.42. The molecule has 0 unspecified atom stereocenters. The molecule has 1 aliphatic carbocycles. The van der Waals surface area contributed by atoms with Gasteiger partial charge in [-0.15, -0.1) is 0 Å². The van der Waals surface area contributed by atoms with Crippen molar-refractivity contribution < 1.29 is 28.5 Å². The van der Waals surface area contributed by atoms with Gasteiger partial charge < -0.3 is 28.9 Å². The highest BCUT2D eigenvalue weighted by atomic mass is 16.5. The molecule has 3 aromatic heterocycles. The molecule has 0 spiro atoms. The minimum atomic E-state index is -0.370. The van der Waals surface area contributed by atoms with E-state index in [0.29, 0.717) is 17.1 Å². The average Bonchev–Trinajstić information content (AvgIpc) is 4.29. The number of benzene rings is 6. The van der Waals surface area contributed by atoms with Crippen LogP contribution in [0.5, 0.6) is 23.0 Å². The van der Waals surface area contributed by atoms with Crippen LogP contribution < -0.4 is 18.9 Å². The quantitative estimate of drug-likeness (QED) is 0.139. The SMILES string of the molecule is COc1cc(OC)c2c(c1)C(=O)c1cc(COc3cccc(-c4c5nc(c(-c6ccccc6)c6ccc([nH]6)c(-c6ccccc6)c6nc(c(-c7ccccc7)c7ccc4[nH]7)C=C6)C=C5)c3)cc(OC)c1C2=O. The van der Waals surface area contributed by atoms with Crippen LogP contribution in [0.25, 0.3) is 90.9 Å². The molecule has 3 aliphatic rings. The van der Waals surface area contributed by atoms with E-state index in [1.165, 1.54) is 21.3 Å². The van der Waals surface area contributed by atoms with Gasteiger partial charge in [0.05, 0.1) is 55.2 Å². The molecular formula is C62H44N4O6. The highest BCUT2D eigenvalue weighted by molar-refractivity contribution is 6.30. The third-order valence-corrected chi connectivity index (χ3v) is 13.3.